The van der Waals surface area contributed by atoms with Crippen molar-refractivity contribution >= 4 is 11.9 Å². The summed E-state index contributed by atoms with van der Waals surface area (Å²) in [6.45, 7) is 8.95. The number of nitrogens with zero attached hydrogens (tertiary/aromatic N) is 2. The van der Waals surface area contributed by atoms with Crippen molar-refractivity contribution in [3.05, 3.63) is 0 Å². The van der Waals surface area contributed by atoms with E-state index >= 15 is 0 Å². The average Bonchev–Trinajstić information content (AvgIpc) is 2.47. The molecule has 1 aliphatic heterocycles. The Hall–Kier alpha value is -1.14. The van der Waals surface area contributed by atoms with Gasteiger partial charge in [-0.15, -0.1) is 0 Å². The SMILES string of the molecule is CCCC(=O)OCCC(C)OC(=O)CCN1CCN(C)CC1. The van der Waals surface area contributed by atoms with Crippen molar-refractivity contribution in [2.75, 3.05) is 46.4 Å². The van der Waals surface area contributed by atoms with Gasteiger partial charge in [0.05, 0.1) is 13.0 Å². The number of ether oxygens (including phenoxy) is 2. The third kappa shape index (κ3) is 8.34. The highest BCUT2D eigenvalue weighted by atomic mass is 16.6. The summed E-state index contributed by atoms with van der Waals surface area (Å²) in [6, 6.07) is 0. The minimum atomic E-state index is -0.214. The molecular weight excluding hydrogens is 284 g/mol. The molecule has 0 amide bonds. The first-order valence-electron chi connectivity index (χ1n) is 8.27. The molecule has 0 N–H and O–H groups in total. The van der Waals surface area contributed by atoms with Crippen LogP contribution in [0.15, 0.2) is 0 Å². The molecule has 0 aromatic carbocycles. The molecule has 1 rings (SSSR count). The number of rotatable bonds is 9. The maximum Gasteiger partial charge on any atom is 0.307 e. The predicted octanol–water partition coefficient (Wildman–Crippen LogP) is 1.29. The van der Waals surface area contributed by atoms with Crippen LogP contribution >= 0.6 is 0 Å². The number of hydrogen-bond donors (Lipinski definition) is 0. The molecule has 128 valence electrons. The summed E-state index contributed by atoms with van der Waals surface area (Å²) >= 11 is 0. The summed E-state index contributed by atoms with van der Waals surface area (Å²) < 4.78 is 10.4. The number of piperazine rings is 1. The zero-order valence-corrected chi connectivity index (χ0v) is 14.2. The second kappa shape index (κ2) is 10.6. The Morgan fingerprint density at radius 3 is 2.41 bits per heavy atom. The van der Waals surface area contributed by atoms with Crippen molar-refractivity contribution < 1.29 is 19.1 Å². The van der Waals surface area contributed by atoms with Gasteiger partial charge in [0.1, 0.15) is 6.10 Å². The summed E-state index contributed by atoms with van der Waals surface area (Å²) in [5, 5.41) is 0. The van der Waals surface area contributed by atoms with E-state index in [2.05, 4.69) is 16.8 Å². The third-order valence-electron chi connectivity index (χ3n) is 3.80. The summed E-state index contributed by atoms with van der Waals surface area (Å²) in [5.74, 6) is -0.359. The lowest BCUT2D eigenvalue weighted by Gasteiger charge is -2.32. The minimum Gasteiger partial charge on any atom is -0.466 e. The van der Waals surface area contributed by atoms with Crippen LogP contribution in [0.5, 0.6) is 0 Å². The molecule has 1 unspecified atom stereocenters. The van der Waals surface area contributed by atoms with Gasteiger partial charge in [-0.2, -0.15) is 0 Å². The van der Waals surface area contributed by atoms with E-state index in [1.54, 1.807) is 0 Å². The fraction of sp³-hybridized carbons (Fsp3) is 0.875. The van der Waals surface area contributed by atoms with Crippen molar-refractivity contribution in [3.63, 3.8) is 0 Å². The van der Waals surface area contributed by atoms with Gasteiger partial charge in [-0.25, -0.2) is 0 Å². The van der Waals surface area contributed by atoms with E-state index in [4.69, 9.17) is 9.47 Å². The van der Waals surface area contributed by atoms with Crippen LogP contribution in [0, 0.1) is 0 Å². The molecule has 0 radical (unpaired) electrons. The highest BCUT2D eigenvalue weighted by molar-refractivity contribution is 5.70. The Labute approximate surface area is 133 Å². The van der Waals surface area contributed by atoms with Crippen LogP contribution < -0.4 is 0 Å². The van der Waals surface area contributed by atoms with E-state index in [0.29, 0.717) is 25.9 Å². The van der Waals surface area contributed by atoms with Gasteiger partial charge in [0.15, 0.2) is 0 Å². The molecule has 1 fully saturated rings. The van der Waals surface area contributed by atoms with Gasteiger partial charge in [-0.1, -0.05) is 6.92 Å². The van der Waals surface area contributed by atoms with Crippen molar-refractivity contribution in [1.82, 2.24) is 9.80 Å². The Morgan fingerprint density at radius 1 is 1.09 bits per heavy atom. The Balaban J connectivity index is 2.07. The van der Waals surface area contributed by atoms with Crippen LogP contribution in [0.25, 0.3) is 0 Å². The lowest BCUT2D eigenvalue weighted by atomic mass is 10.3. The number of likely N-dealkylation sites (N-methyl/N-ethyl adjacent to an activating group) is 1. The van der Waals surface area contributed by atoms with Gasteiger partial charge < -0.3 is 19.3 Å². The van der Waals surface area contributed by atoms with Gasteiger partial charge in [0.2, 0.25) is 0 Å². The van der Waals surface area contributed by atoms with Crippen LogP contribution in [0.1, 0.15) is 39.5 Å². The van der Waals surface area contributed by atoms with Crippen molar-refractivity contribution in [2.24, 2.45) is 0 Å². The molecule has 1 aliphatic rings. The van der Waals surface area contributed by atoms with Gasteiger partial charge in [-0.3, -0.25) is 9.59 Å². The second-order valence-electron chi connectivity index (χ2n) is 5.95. The lowest BCUT2D eigenvalue weighted by molar-refractivity contribution is -0.150. The van der Waals surface area contributed by atoms with Gasteiger partial charge in [0, 0.05) is 45.6 Å². The predicted molar refractivity (Wildman–Crippen MR) is 84.6 cm³/mol. The topological polar surface area (TPSA) is 59.1 Å². The van der Waals surface area contributed by atoms with Crippen LogP contribution in [0.3, 0.4) is 0 Å². The van der Waals surface area contributed by atoms with Gasteiger partial charge in [0.25, 0.3) is 0 Å². The number of esters is 2. The average molecular weight is 314 g/mol. The molecule has 0 aromatic heterocycles. The second-order valence-corrected chi connectivity index (χ2v) is 5.95. The van der Waals surface area contributed by atoms with Crippen LogP contribution in [-0.2, 0) is 19.1 Å². The van der Waals surface area contributed by atoms with Gasteiger partial charge >= 0.3 is 11.9 Å². The molecule has 1 heterocycles. The van der Waals surface area contributed by atoms with Crippen LogP contribution in [0.4, 0.5) is 0 Å². The van der Waals surface area contributed by atoms with E-state index in [0.717, 1.165) is 39.1 Å². The molecule has 0 saturated carbocycles. The standard InChI is InChI=1S/C16H30N2O4/c1-4-5-15(19)21-13-7-14(2)22-16(20)6-8-18-11-9-17(3)10-12-18/h14H,4-13H2,1-3H3. The molecule has 1 saturated heterocycles. The molecule has 0 bridgehead atoms. The molecule has 6 heteroatoms. The molecule has 0 aliphatic carbocycles. The first kappa shape index (κ1) is 18.9. The first-order valence-corrected chi connectivity index (χ1v) is 8.27. The molecule has 1 atom stereocenters. The molecule has 0 spiro atoms. The normalized spacial score (nSPS) is 18.0. The van der Waals surface area contributed by atoms with E-state index in [1.807, 2.05) is 13.8 Å². The van der Waals surface area contributed by atoms with Gasteiger partial charge in [-0.05, 0) is 20.4 Å². The van der Waals surface area contributed by atoms with Crippen molar-refractivity contribution in [2.45, 2.75) is 45.6 Å². The molecule has 6 nitrogen and oxygen atoms in total. The summed E-state index contributed by atoms with van der Waals surface area (Å²) in [7, 11) is 2.11. The fourth-order valence-electron chi connectivity index (χ4n) is 2.28. The highest BCUT2D eigenvalue weighted by Crippen LogP contribution is 2.04. The first-order chi connectivity index (χ1) is 10.5. The number of carbonyl (C=O) groups excluding carboxylic acids is 2. The maximum atomic E-state index is 11.8. The third-order valence-corrected chi connectivity index (χ3v) is 3.80. The molecular formula is C16H30N2O4. The molecule has 0 aromatic rings. The molecule has 22 heavy (non-hydrogen) atoms. The minimum absolute atomic E-state index is 0.175. The van der Waals surface area contributed by atoms with Crippen molar-refractivity contribution in [1.29, 1.82) is 0 Å². The summed E-state index contributed by atoms with van der Waals surface area (Å²) in [4.78, 5) is 27.6. The zero-order chi connectivity index (χ0) is 16.4. The van der Waals surface area contributed by atoms with E-state index in [1.165, 1.54) is 0 Å². The smallest absolute Gasteiger partial charge is 0.307 e. The van der Waals surface area contributed by atoms with E-state index < -0.39 is 0 Å². The lowest BCUT2D eigenvalue weighted by Crippen LogP contribution is -2.45. The quantitative estimate of drug-likeness (QED) is 0.598. The Morgan fingerprint density at radius 2 is 1.77 bits per heavy atom. The zero-order valence-electron chi connectivity index (χ0n) is 14.2. The Bertz CT molecular complexity index is 341. The Kier molecular flexibility index (Phi) is 9.08. The summed E-state index contributed by atoms with van der Waals surface area (Å²) in [6.07, 6.45) is 1.99. The van der Waals surface area contributed by atoms with Crippen molar-refractivity contribution in [3.8, 4) is 0 Å². The van der Waals surface area contributed by atoms with Crippen LogP contribution in [-0.4, -0.2) is 74.2 Å². The van der Waals surface area contributed by atoms with E-state index in [9.17, 15) is 9.59 Å². The van der Waals surface area contributed by atoms with Crippen LogP contribution in [0.2, 0.25) is 0 Å². The number of carbonyl (C=O) groups is 2. The fourth-order valence-corrected chi connectivity index (χ4v) is 2.28. The largest absolute Gasteiger partial charge is 0.466 e. The maximum absolute atomic E-state index is 11.8. The summed E-state index contributed by atoms with van der Waals surface area (Å²) in [5.41, 5.74) is 0. The van der Waals surface area contributed by atoms with E-state index in [-0.39, 0.29) is 18.0 Å². The monoisotopic (exact) mass is 314 g/mol. The number of hydrogen-bond acceptors (Lipinski definition) is 6. The highest BCUT2D eigenvalue weighted by Gasteiger charge is 2.16.